The van der Waals surface area contributed by atoms with E-state index in [0.29, 0.717) is 39.1 Å². The quantitative estimate of drug-likeness (QED) is 0.596. The first kappa shape index (κ1) is 14.4. The molecule has 0 spiro atoms. The fourth-order valence-electron chi connectivity index (χ4n) is 1.80. The zero-order valence-electron chi connectivity index (χ0n) is 10.1. The summed E-state index contributed by atoms with van der Waals surface area (Å²) < 4.78 is 28.6. The Morgan fingerprint density at radius 3 is 2.65 bits per heavy atom. The maximum atomic E-state index is 11.9. The van der Waals surface area contributed by atoms with Crippen molar-refractivity contribution in [2.45, 2.75) is 18.1 Å². The molecule has 0 radical (unpaired) electrons. The number of carbonyl (C=O) groups excluding carboxylic acids is 1. The van der Waals surface area contributed by atoms with E-state index < -0.39 is 21.5 Å². The summed E-state index contributed by atoms with van der Waals surface area (Å²) in [6.07, 6.45) is 1.18. The highest BCUT2D eigenvalue weighted by Gasteiger charge is 2.29. The average Bonchev–Trinajstić information content (AvgIpc) is 2.30. The molecule has 0 unspecified atom stereocenters. The molecule has 1 amide bonds. The Kier molecular flexibility index (Phi) is 5.87. The van der Waals surface area contributed by atoms with Gasteiger partial charge in [0.05, 0.1) is 11.9 Å². The number of rotatable bonds is 6. The molecular weight excluding hydrogens is 244 g/mol. The molecule has 0 aliphatic carbocycles. The van der Waals surface area contributed by atoms with Crippen molar-refractivity contribution in [3.63, 3.8) is 0 Å². The van der Waals surface area contributed by atoms with Gasteiger partial charge in [0, 0.05) is 13.7 Å². The molecule has 2 N–H and O–H groups in total. The van der Waals surface area contributed by atoms with Crippen LogP contribution in [0.25, 0.3) is 0 Å². The molecule has 0 aromatic carbocycles. The van der Waals surface area contributed by atoms with Crippen LogP contribution in [0.4, 0.5) is 0 Å². The van der Waals surface area contributed by atoms with Gasteiger partial charge >= 0.3 is 0 Å². The molecule has 6 nitrogen and oxygen atoms in total. The molecule has 1 rings (SSSR count). The van der Waals surface area contributed by atoms with Crippen molar-refractivity contribution in [1.29, 1.82) is 0 Å². The van der Waals surface area contributed by atoms with E-state index in [2.05, 4.69) is 10.6 Å². The zero-order chi connectivity index (χ0) is 12.7. The first-order chi connectivity index (χ1) is 8.06. The molecule has 1 aliphatic rings. The number of carbonyl (C=O) groups is 1. The number of piperidine rings is 1. The van der Waals surface area contributed by atoms with Crippen LogP contribution in [-0.4, -0.2) is 58.7 Å². The van der Waals surface area contributed by atoms with Crippen molar-refractivity contribution in [2.75, 3.05) is 39.1 Å². The molecule has 100 valence electrons. The molecule has 0 atom stereocenters. The molecule has 1 heterocycles. The maximum Gasteiger partial charge on any atom is 0.235 e. The SMILES string of the molecule is COCCNC(=O)CS(=O)(=O)C1CCNCC1. The van der Waals surface area contributed by atoms with Gasteiger partial charge in [-0.2, -0.15) is 0 Å². The van der Waals surface area contributed by atoms with E-state index in [-0.39, 0.29) is 5.25 Å². The lowest BCUT2D eigenvalue weighted by molar-refractivity contribution is -0.118. The standard InChI is InChI=1S/C10H20N2O4S/c1-16-7-6-12-10(13)8-17(14,15)9-2-4-11-5-3-9/h9,11H,2-8H2,1H3,(H,12,13). The summed E-state index contributed by atoms with van der Waals surface area (Å²) in [6.45, 7) is 2.14. The molecule has 0 aromatic heterocycles. The van der Waals surface area contributed by atoms with Crippen LogP contribution in [0, 0.1) is 0 Å². The lowest BCUT2D eigenvalue weighted by Crippen LogP contribution is -2.41. The van der Waals surface area contributed by atoms with Gasteiger partial charge in [0.2, 0.25) is 5.91 Å². The Bertz CT molecular complexity index is 336. The van der Waals surface area contributed by atoms with E-state index >= 15 is 0 Å². The Balaban J connectivity index is 2.39. The minimum Gasteiger partial charge on any atom is -0.383 e. The second-order valence-electron chi connectivity index (χ2n) is 4.10. The zero-order valence-corrected chi connectivity index (χ0v) is 10.9. The van der Waals surface area contributed by atoms with Crippen LogP contribution in [0.3, 0.4) is 0 Å². The van der Waals surface area contributed by atoms with Crippen LogP contribution in [0.15, 0.2) is 0 Å². The number of amides is 1. The first-order valence-corrected chi connectivity index (χ1v) is 7.45. The molecule has 0 aromatic rings. The van der Waals surface area contributed by atoms with E-state index in [1.807, 2.05) is 0 Å². The highest BCUT2D eigenvalue weighted by atomic mass is 32.2. The number of ether oxygens (including phenoxy) is 1. The van der Waals surface area contributed by atoms with E-state index in [0.717, 1.165) is 0 Å². The molecule has 1 aliphatic heterocycles. The molecule has 0 saturated carbocycles. The van der Waals surface area contributed by atoms with E-state index in [4.69, 9.17) is 4.74 Å². The topological polar surface area (TPSA) is 84.5 Å². The van der Waals surface area contributed by atoms with Crippen molar-refractivity contribution >= 4 is 15.7 Å². The van der Waals surface area contributed by atoms with Crippen LogP contribution in [-0.2, 0) is 19.4 Å². The molecule has 1 fully saturated rings. The largest absolute Gasteiger partial charge is 0.383 e. The van der Waals surface area contributed by atoms with Gasteiger partial charge in [-0.25, -0.2) is 8.42 Å². The summed E-state index contributed by atoms with van der Waals surface area (Å²) in [7, 11) is -1.79. The Labute approximate surface area is 102 Å². The van der Waals surface area contributed by atoms with Gasteiger partial charge in [0.1, 0.15) is 5.75 Å². The predicted molar refractivity (Wildman–Crippen MR) is 64.6 cm³/mol. The second-order valence-corrected chi connectivity index (χ2v) is 6.38. The lowest BCUT2D eigenvalue weighted by Gasteiger charge is -2.22. The third-order valence-electron chi connectivity index (χ3n) is 2.75. The van der Waals surface area contributed by atoms with Crippen LogP contribution in [0.1, 0.15) is 12.8 Å². The summed E-state index contributed by atoms with van der Waals surface area (Å²) in [4.78, 5) is 11.4. The van der Waals surface area contributed by atoms with Gasteiger partial charge in [-0.05, 0) is 25.9 Å². The Hall–Kier alpha value is -0.660. The Morgan fingerprint density at radius 2 is 2.06 bits per heavy atom. The van der Waals surface area contributed by atoms with Crippen LogP contribution in [0.5, 0.6) is 0 Å². The first-order valence-electron chi connectivity index (χ1n) is 5.74. The van der Waals surface area contributed by atoms with Crippen molar-refractivity contribution in [3.8, 4) is 0 Å². The smallest absolute Gasteiger partial charge is 0.235 e. The second kappa shape index (κ2) is 6.93. The fraction of sp³-hybridized carbons (Fsp3) is 0.900. The summed E-state index contributed by atoms with van der Waals surface area (Å²) >= 11 is 0. The number of methoxy groups -OCH3 is 1. The van der Waals surface area contributed by atoms with Crippen molar-refractivity contribution in [2.24, 2.45) is 0 Å². The number of sulfone groups is 1. The van der Waals surface area contributed by atoms with Crippen LogP contribution >= 0.6 is 0 Å². The van der Waals surface area contributed by atoms with Crippen molar-refractivity contribution < 1.29 is 17.9 Å². The molecule has 17 heavy (non-hydrogen) atoms. The summed E-state index contributed by atoms with van der Waals surface area (Å²) in [5.41, 5.74) is 0. The van der Waals surface area contributed by atoms with E-state index in [1.165, 1.54) is 7.11 Å². The van der Waals surface area contributed by atoms with Crippen LogP contribution < -0.4 is 10.6 Å². The summed E-state index contributed by atoms with van der Waals surface area (Å²) in [5.74, 6) is -0.859. The number of hydrogen-bond acceptors (Lipinski definition) is 5. The van der Waals surface area contributed by atoms with Gasteiger partial charge < -0.3 is 15.4 Å². The lowest BCUT2D eigenvalue weighted by atomic mass is 10.2. The van der Waals surface area contributed by atoms with Gasteiger partial charge in [0.25, 0.3) is 0 Å². The van der Waals surface area contributed by atoms with Crippen LogP contribution in [0.2, 0.25) is 0 Å². The van der Waals surface area contributed by atoms with Crippen molar-refractivity contribution in [3.05, 3.63) is 0 Å². The van der Waals surface area contributed by atoms with Gasteiger partial charge in [-0.1, -0.05) is 0 Å². The third kappa shape index (κ3) is 5.01. The normalized spacial score (nSPS) is 17.9. The number of hydrogen-bond donors (Lipinski definition) is 2. The Morgan fingerprint density at radius 1 is 1.41 bits per heavy atom. The average molecular weight is 264 g/mol. The third-order valence-corrected chi connectivity index (χ3v) is 4.91. The molecular formula is C10H20N2O4S. The minimum absolute atomic E-state index is 0.344. The molecule has 7 heteroatoms. The minimum atomic E-state index is -3.31. The van der Waals surface area contributed by atoms with Gasteiger partial charge in [-0.3, -0.25) is 4.79 Å². The molecule has 1 saturated heterocycles. The monoisotopic (exact) mass is 264 g/mol. The van der Waals surface area contributed by atoms with E-state index in [9.17, 15) is 13.2 Å². The summed E-state index contributed by atoms with van der Waals surface area (Å²) in [6, 6.07) is 0. The number of nitrogens with one attached hydrogen (secondary N) is 2. The fourth-order valence-corrected chi connectivity index (χ4v) is 3.46. The predicted octanol–water partition coefficient (Wildman–Crippen LogP) is -1.08. The highest BCUT2D eigenvalue weighted by Crippen LogP contribution is 2.13. The highest BCUT2D eigenvalue weighted by molar-refractivity contribution is 7.92. The molecule has 0 bridgehead atoms. The van der Waals surface area contributed by atoms with Gasteiger partial charge in [0.15, 0.2) is 9.84 Å². The summed E-state index contributed by atoms with van der Waals surface area (Å²) in [5, 5.41) is 5.24. The van der Waals surface area contributed by atoms with E-state index in [1.54, 1.807) is 0 Å². The maximum absolute atomic E-state index is 11.9. The van der Waals surface area contributed by atoms with Gasteiger partial charge in [-0.15, -0.1) is 0 Å². The van der Waals surface area contributed by atoms with Crippen molar-refractivity contribution in [1.82, 2.24) is 10.6 Å².